The minimum Gasteiger partial charge on any atom is -0.462 e. The minimum atomic E-state index is -0.579. The van der Waals surface area contributed by atoms with Crippen LogP contribution in [0.3, 0.4) is 0 Å². The number of hydrogen-bond donors (Lipinski definition) is 0. The van der Waals surface area contributed by atoms with Crippen LogP contribution in [0.1, 0.15) is 39.5 Å². The lowest BCUT2D eigenvalue weighted by atomic mass is 10.2. The Morgan fingerprint density at radius 1 is 0.692 bits per heavy atom. The first-order valence-corrected chi connectivity index (χ1v) is 8.48. The fourth-order valence-corrected chi connectivity index (χ4v) is 2.05. The normalized spacial score (nSPS) is 29.2. The Morgan fingerprint density at radius 2 is 1.08 bits per heavy atom. The summed E-state index contributed by atoms with van der Waals surface area (Å²) in [7, 11) is 0. The smallest absolute Gasteiger partial charge is 0.313 e. The van der Waals surface area contributed by atoms with E-state index < -0.39 is 11.9 Å². The zero-order valence-corrected chi connectivity index (χ0v) is 15.1. The molecular formula is C20H24O6. The second-order valence-electron chi connectivity index (χ2n) is 5.93. The Balaban J connectivity index is 2.75. The molecule has 2 atom stereocenters. The van der Waals surface area contributed by atoms with E-state index >= 15 is 0 Å². The molecule has 0 radical (unpaired) electrons. The Labute approximate surface area is 153 Å². The second-order valence-corrected chi connectivity index (χ2v) is 5.93. The van der Waals surface area contributed by atoms with Gasteiger partial charge in [-0.15, -0.1) is 0 Å². The summed E-state index contributed by atoms with van der Waals surface area (Å²) in [6.07, 6.45) is 11.8. The van der Waals surface area contributed by atoms with E-state index in [1.807, 2.05) is 0 Å². The molecule has 0 amide bonds. The molecular weight excluding hydrogens is 336 g/mol. The van der Waals surface area contributed by atoms with Crippen LogP contribution in [0.25, 0.3) is 0 Å². The van der Waals surface area contributed by atoms with Crippen molar-refractivity contribution in [2.75, 3.05) is 0 Å². The van der Waals surface area contributed by atoms with Crippen LogP contribution in [0, 0.1) is 0 Å². The summed E-state index contributed by atoms with van der Waals surface area (Å²) in [5.41, 5.74) is 0. The van der Waals surface area contributed by atoms with E-state index in [0.29, 0.717) is 12.8 Å². The summed E-state index contributed by atoms with van der Waals surface area (Å²) >= 11 is 0. The first kappa shape index (κ1) is 21.3. The molecule has 0 unspecified atom stereocenters. The highest BCUT2D eigenvalue weighted by atomic mass is 16.5. The van der Waals surface area contributed by atoms with E-state index in [0.717, 1.165) is 0 Å². The third-order valence-electron chi connectivity index (χ3n) is 3.30. The monoisotopic (exact) mass is 360 g/mol. The molecule has 0 aliphatic carbocycles. The van der Waals surface area contributed by atoms with Gasteiger partial charge in [-0.2, -0.15) is 0 Å². The van der Waals surface area contributed by atoms with Crippen LogP contribution in [0.2, 0.25) is 0 Å². The number of hydrogen-bond acceptors (Lipinski definition) is 6. The van der Waals surface area contributed by atoms with Crippen molar-refractivity contribution in [1.82, 2.24) is 0 Å². The molecule has 1 heterocycles. The van der Waals surface area contributed by atoms with E-state index in [4.69, 9.17) is 9.47 Å². The van der Waals surface area contributed by atoms with E-state index in [2.05, 4.69) is 0 Å². The van der Waals surface area contributed by atoms with Gasteiger partial charge in [-0.3, -0.25) is 19.2 Å². The van der Waals surface area contributed by atoms with Crippen molar-refractivity contribution in [2.24, 2.45) is 0 Å². The van der Waals surface area contributed by atoms with Gasteiger partial charge in [0.1, 0.15) is 25.0 Å². The van der Waals surface area contributed by atoms with Gasteiger partial charge in [-0.05, 0) is 26.0 Å². The average molecular weight is 360 g/mol. The third-order valence-corrected chi connectivity index (χ3v) is 3.30. The van der Waals surface area contributed by atoms with Gasteiger partial charge in [-0.25, -0.2) is 0 Å². The molecule has 0 saturated heterocycles. The molecule has 0 aromatic rings. The van der Waals surface area contributed by atoms with Crippen LogP contribution < -0.4 is 0 Å². The second kappa shape index (κ2) is 11.7. The molecule has 1 rings (SSSR count). The Morgan fingerprint density at radius 3 is 1.46 bits per heavy atom. The molecule has 0 fully saturated rings. The molecule has 1 aliphatic rings. The number of allylic oxidation sites excluding steroid dienone is 6. The van der Waals surface area contributed by atoms with E-state index in [-0.39, 0.29) is 36.6 Å². The Bertz CT molecular complexity index is 583. The molecule has 0 N–H and O–H groups in total. The predicted molar refractivity (Wildman–Crippen MR) is 96.2 cm³/mol. The molecule has 26 heavy (non-hydrogen) atoms. The van der Waals surface area contributed by atoms with Crippen LogP contribution in [-0.4, -0.2) is 35.7 Å². The van der Waals surface area contributed by atoms with Crippen LogP contribution in [0.4, 0.5) is 0 Å². The molecule has 140 valence electrons. The lowest BCUT2D eigenvalue weighted by Crippen LogP contribution is -2.16. The summed E-state index contributed by atoms with van der Waals surface area (Å²) < 4.78 is 10.3. The van der Waals surface area contributed by atoms with Gasteiger partial charge >= 0.3 is 11.9 Å². The lowest BCUT2D eigenvalue weighted by Gasteiger charge is -2.10. The molecule has 0 bridgehead atoms. The molecule has 1 aliphatic heterocycles. The van der Waals surface area contributed by atoms with Crippen molar-refractivity contribution in [3.63, 3.8) is 0 Å². The van der Waals surface area contributed by atoms with Gasteiger partial charge in [0.15, 0.2) is 11.6 Å². The van der Waals surface area contributed by atoms with Gasteiger partial charge in [0.05, 0.1) is 0 Å². The summed E-state index contributed by atoms with van der Waals surface area (Å²) in [5, 5.41) is 0. The standard InChI is InChI=1S/C20H24O6/c1-15-9-5-3-7-11-18(22)14-20(24)26-16(2)10-6-4-8-12-17(21)13-19(23)25-15/h3-8,11-12,15-16H,9-10,13-14H2,1-2H3/b5-3-,6-4-,11-7+,12-8+/t15-,16-/m1/s1. The van der Waals surface area contributed by atoms with Gasteiger partial charge in [0, 0.05) is 12.8 Å². The van der Waals surface area contributed by atoms with Crippen molar-refractivity contribution in [3.05, 3.63) is 48.6 Å². The number of ketones is 2. The first-order valence-electron chi connectivity index (χ1n) is 8.48. The maximum Gasteiger partial charge on any atom is 0.313 e. The molecule has 0 saturated carbocycles. The number of rotatable bonds is 0. The van der Waals surface area contributed by atoms with Crippen LogP contribution >= 0.6 is 0 Å². The lowest BCUT2D eigenvalue weighted by molar-refractivity contribution is -0.150. The van der Waals surface area contributed by atoms with Gasteiger partial charge in [0.2, 0.25) is 0 Å². The summed E-state index contributed by atoms with van der Waals surface area (Å²) in [6.45, 7) is 3.42. The Hall–Kier alpha value is -2.76. The predicted octanol–water partition coefficient (Wildman–Crippen LogP) is 2.79. The van der Waals surface area contributed by atoms with Gasteiger partial charge < -0.3 is 9.47 Å². The largest absolute Gasteiger partial charge is 0.462 e. The van der Waals surface area contributed by atoms with E-state index in [9.17, 15) is 19.2 Å². The highest BCUT2D eigenvalue weighted by Gasteiger charge is 2.12. The molecule has 0 spiro atoms. The van der Waals surface area contributed by atoms with Crippen molar-refractivity contribution in [2.45, 2.75) is 51.7 Å². The maximum atomic E-state index is 11.7. The summed E-state index contributed by atoms with van der Waals surface area (Å²) in [4.78, 5) is 46.7. The zero-order chi connectivity index (χ0) is 19.4. The Kier molecular flexibility index (Phi) is 9.61. The van der Waals surface area contributed by atoms with Crippen molar-refractivity contribution >= 4 is 23.5 Å². The topological polar surface area (TPSA) is 86.7 Å². The van der Waals surface area contributed by atoms with Crippen molar-refractivity contribution in [3.8, 4) is 0 Å². The van der Waals surface area contributed by atoms with Crippen LogP contribution in [-0.2, 0) is 28.7 Å². The number of carbonyl (C=O) groups is 4. The van der Waals surface area contributed by atoms with Gasteiger partial charge in [-0.1, -0.05) is 36.5 Å². The molecule has 6 nitrogen and oxygen atoms in total. The maximum absolute atomic E-state index is 11.7. The first-order chi connectivity index (χ1) is 12.4. The van der Waals surface area contributed by atoms with Crippen molar-refractivity contribution < 1.29 is 28.7 Å². The SMILES string of the molecule is C[C@@H]1C/C=C\C=C\C(=O)CC(=O)O[C@H](C)C/C=C\C=C\C(=O)CC(=O)O1. The molecule has 0 aromatic carbocycles. The quantitative estimate of drug-likeness (QED) is 0.488. The van der Waals surface area contributed by atoms with E-state index in [1.165, 1.54) is 24.3 Å². The highest BCUT2D eigenvalue weighted by molar-refractivity contribution is 6.02. The van der Waals surface area contributed by atoms with Crippen molar-refractivity contribution in [1.29, 1.82) is 0 Å². The number of esters is 2. The van der Waals surface area contributed by atoms with Gasteiger partial charge in [0.25, 0.3) is 0 Å². The van der Waals surface area contributed by atoms with E-state index in [1.54, 1.807) is 38.2 Å². The average Bonchev–Trinajstić information content (AvgIpc) is 2.52. The highest BCUT2D eigenvalue weighted by Crippen LogP contribution is 2.04. The number of carbonyl (C=O) groups excluding carboxylic acids is 4. The van der Waals surface area contributed by atoms with Crippen LogP contribution in [0.15, 0.2) is 48.6 Å². The minimum absolute atomic E-state index is 0.319. The number of ether oxygens (including phenoxy) is 2. The summed E-state index contributed by atoms with van der Waals surface area (Å²) in [5.74, 6) is -1.86. The number of cyclic esters (lactones) is 2. The molecule has 6 heteroatoms. The zero-order valence-electron chi connectivity index (χ0n) is 15.1. The fourth-order valence-electron chi connectivity index (χ4n) is 2.05. The van der Waals surface area contributed by atoms with Crippen LogP contribution in [0.5, 0.6) is 0 Å². The summed E-state index contributed by atoms with van der Waals surface area (Å²) in [6, 6.07) is 0. The molecule has 0 aromatic heterocycles. The fraction of sp³-hybridized carbons (Fsp3) is 0.400. The third kappa shape index (κ3) is 10.2.